The van der Waals surface area contributed by atoms with Crippen molar-refractivity contribution >= 4 is 35.9 Å². The number of carboxylic acids is 1. The Morgan fingerprint density at radius 1 is 1.59 bits per heavy atom. The molecule has 1 rings (SSSR count). The van der Waals surface area contributed by atoms with Crippen LogP contribution in [0.4, 0.5) is 0 Å². The number of rotatable bonds is 5. The molecule has 0 radical (unpaired) electrons. The van der Waals surface area contributed by atoms with Crippen LogP contribution in [0.15, 0.2) is 0 Å². The third-order valence-electron chi connectivity index (χ3n) is 2.36. The number of ketones is 1. The number of nitrogens with two attached hydrogens (primary N) is 1. The number of carboxylic acid groups (broad SMARTS) is 1. The van der Waals surface area contributed by atoms with E-state index in [-0.39, 0.29) is 24.2 Å². The SMILES string of the molecule is C[C@H](N)C(=O)C(O)CC1NC(C(=O)O)CS1.Cl. The molecule has 0 bridgehead atoms. The molecule has 0 aromatic carbocycles. The van der Waals surface area contributed by atoms with Gasteiger partial charge in [-0.15, -0.1) is 24.2 Å². The van der Waals surface area contributed by atoms with E-state index >= 15 is 0 Å². The molecule has 17 heavy (non-hydrogen) atoms. The van der Waals surface area contributed by atoms with E-state index in [9.17, 15) is 14.7 Å². The number of aliphatic hydroxyl groups excluding tert-OH is 1. The molecule has 1 aliphatic rings. The molecule has 0 aliphatic carbocycles. The van der Waals surface area contributed by atoms with E-state index < -0.39 is 29.9 Å². The summed E-state index contributed by atoms with van der Waals surface area (Å²) in [5.74, 6) is -0.886. The van der Waals surface area contributed by atoms with Crippen LogP contribution in [-0.4, -0.2) is 51.3 Å². The molecule has 8 heteroatoms. The van der Waals surface area contributed by atoms with E-state index in [4.69, 9.17) is 10.8 Å². The molecule has 1 saturated heterocycles. The molecule has 0 spiro atoms. The number of halogens is 1. The fraction of sp³-hybridized carbons (Fsp3) is 0.778. The van der Waals surface area contributed by atoms with Crippen molar-refractivity contribution in [1.29, 1.82) is 0 Å². The number of hydrogen-bond donors (Lipinski definition) is 4. The molecule has 0 aromatic heterocycles. The summed E-state index contributed by atoms with van der Waals surface area (Å²) in [6.07, 6.45) is -0.938. The smallest absolute Gasteiger partial charge is 0.321 e. The molecule has 1 fully saturated rings. The Morgan fingerprint density at radius 3 is 2.59 bits per heavy atom. The van der Waals surface area contributed by atoms with Crippen molar-refractivity contribution in [2.24, 2.45) is 5.73 Å². The minimum Gasteiger partial charge on any atom is -0.480 e. The van der Waals surface area contributed by atoms with Crippen molar-refractivity contribution in [2.45, 2.75) is 36.9 Å². The highest BCUT2D eigenvalue weighted by Gasteiger charge is 2.32. The maximum atomic E-state index is 11.3. The second-order valence-electron chi connectivity index (χ2n) is 3.82. The predicted molar refractivity (Wildman–Crippen MR) is 67.3 cm³/mol. The van der Waals surface area contributed by atoms with E-state index in [1.54, 1.807) is 0 Å². The van der Waals surface area contributed by atoms with Gasteiger partial charge in [0.2, 0.25) is 0 Å². The Balaban J connectivity index is 0.00000256. The molecule has 100 valence electrons. The zero-order valence-corrected chi connectivity index (χ0v) is 11.0. The summed E-state index contributed by atoms with van der Waals surface area (Å²) in [6, 6.07) is -1.30. The first-order valence-electron chi connectivity index (χ1n) is 4.99. The highest BCUT2D eigenvalue weighted by Crippen LogP contribution is 2.23. The van der Waals surface area contributed by atoms with Crippen LogP contribution in [0.25, 0.3) is 0 Å². The number of thioether (sulfide) groups is 1. The van der Waals surface area contributed by atoms with Gasteiger partial charge >= 0.3 is 5.97 Å². The summed E-state index contributed by atoms with van der Waals surface area (Å²) in [6.45, 7) is 1.51. The zero-order valence-electron chi connectivity index (χ0n) is 9.33. The lowest BCUT2D eigenvalue weighted by Crippen LogP contribution is -2.41. The largest absolute Gasteiger partial charge is 0.480 e. The molecular formula is C9H17ClN2O4S. The minimum atomic E-state index is -1.13. The average Bonchev–Trinajstić information content (AvgIpc) is 2.64. The Bertz CT molecular complexity index is 290. The summed E-state index contributed by atoms with van der Waals surface area (Å²) in [7, 11) is 0. The molecule has 6 nitrogen and oxygen atoms in total. The molecule has 0 saturated carbocycles. The first kappa shape index (κ1) is 16.7. The van der Waals surface area contributed by atoms with Crippen LogP contribution in [0.2, 0.25) is 0 Å². The fourth-order valence-corrected chi connectivity index (χ4v) is 2.68. The van der Waals surface area contributed by atoms with Crippen molar-refractivity contribution in [1.82, 2.24) is 5.32 Å². The minimum absolute atomic E-state index is 0. The number of Topliss-reactive ketones (excluding diaryl/α,β-unsaturated/α-hetero) is 1. The maximum absolute atomic E-state index is 11.3. The Morgan fingerprint density at radius 2 is 2.18 bits per heavy atom. The molecule has 1 heterocycles. The Labute approximate surface area is 110 Å². The van der Waals surface area contributed by atoms with Gasteiger partial charge in [-0.1, -0.05) is 0 Å². The normalized spacial score (nSPS) is 27.0. The summed E-state index contributed by atoms with van der Waals surface area (Å²) in [5.41, 5.74) is 5.36. The number of nitrogens with one attached hydrogen (secondary N) is 1. The van der Waals surface area contributed by atoms with Crippen LogP contribution < -0.4 is 11.1 Å². The molecular weight excluding hydrogens is 268 g/mol. The van der Waals surface area contributed by atoms with Gasteiger partial charge in [0.15, 0.2) is 5.78 Å². The third kappa shape index (κ3) is 4.81. The van der Waals surface area contributed by atoms with Crippen molar-refractivity contribution < 1.29 is 19.8 Å². The lowest BCUT2D eigenvalue weighted by molar-refractivity contribution is -0.138. The summed E-state index contributed by atoms with van der Waals surface area (Å²) in [5, 5.41) is 20.9. The van der Waals surface area contributed by atoms with Gasteiger partial charge in [0.1, 0.15) is 12.1 Å². The summed E-state index contributed by atoms with van der Waals surface area (Å²) < 4.78 is 0. The van der Waals surface area contributed by atoms with E-state index in [1.807, 2.05) is 0 Å². The Hall–Kier alpha value is -0.340. The molecule has 0 aromatic rings. The standard InChI is InChI=1S/C9H16N2O4S.ClH/c1-4(10)8(13)6(12)2-7-11-5(3-16-7)9(14)15;/h4-7,11-12H,2-3,10H2,1H3,(H,14,15);1H/t4-,5?,6?,7?;/m0./s1. The predicted octanol–water partition coefficient (Wildman–Crippen LogP) is -0.809. The first-order chi connectivity index (χ1) is 7.41. The van der Waals surface area contributed by atoms with Crippen LogP contribution in [-0.2, 0) is 9.59 Å². The van der Waals surface area contributed by atoms with Gasteiger partial charge < -0.3 is 15.9 Å². The zero-order chi connectivity index (χ0) is 12.3. The van der Waals surface area contributed by atoms with Gasteiger partial charge in [-0.25, -0.2) is 0 Å². The van der Waals surface area contributed by atoms with Gasteiger partial charge in [-0.3, -0.25) is 14.9 Å². The topological polar surface area (TPSA) is 113 Å². The van der Waals surface area contributed by atoms with Crippen molar-refractivity contribution in [3.8, 4) is 0 Å². The highest BCUT2D eigenvalue weighted by atomic mass is 35.5. The first-order valence-corrected chi connectivity index (χ1v) is 6.04. The van der Waals surface area contributed by atoms with E-state index in [2.05, 4.69) is 5.32 Å². The van der Waals surface area contributed by atoms with Crippen molar-refractivity contribution in [2.75, 3.05) is 5.75 Å². The monoisotopic (exact) mass is 284 g/mol. The van der Waals surface area contributed by atoms with Crippen molar-refractivity contribution in [3.05, 3.63) is 0 Å². The van der Waals surface area contributed by atoms with Gasteiger partial charge in [0.25, 0.3) is 0 Å². The number of carbonyl (C=O) groups is 2. The molecule has 4 atom stereocenters. The van der Waals surface area contributed by atoms with Crippen molar-refractivity contribution in [3.63, 3.8) is 0 Å². The van der Waals surface area contributed by atoms with E-state index in [0.29, 0.717) is 5.75 Å². The summed E-state index contributed by atoms with van der Waals surface area (Å²) in [4.78, 5) is 22.0. The van der Waals surface area contributed by atoms with E-state index in [0.717, 1.165) is 0 Å². The fourth-order valence-electron chi connectivity index (χ4n) is 1.43. The second kappa shape index (κ2) is 7.17. The summed E-state index contributed by atoms with van der Waals surface area (Å²) >= 11 is 1.39. The maximum Gasteiger partial charge on any atom is 0.321 e. The van der Waals surface area contributed by atoms with Gasteiger partial charge in [-0.05, 0) is 6.92 Å². The van der Waals surface area contributed by atoms with Crippen LogP contribution in [0.3, 0.4) is 0 Å². The van der Waals surface area contributed by atoms with Crippen LogP contribution >= 0.6 is 24.2 Å². The number of carbonyl (C=O) groups excluding carboxylic acids is 1. The third-order valence-corrected chi connectivity index (χ3v) is 3.62. The molecule has 1 aliphatic heterocycles. The lowest BCUT2D eigenvalue weighted by atomic mass is 10.1. The van der Waals surface area contributed by atoms with Crippen LogP contribution in [0.1, 0.15) is 13.3 Å². The molecule has 0 amide bonds. The average molecular weight is 285 g/mol. The van der Waals surface area contributed by atoms with Gasteiger partial charge in [0, 0.05) is 12.2 Å². The number of aliphatic carboxylic acids is 1. The number of hydrogen-bond acceptors (Lipinski definition) is 6. The number of aliphatic hydroxyl groups is 1. The van der Waals surface area contributed by atoms with Gasteiger partial charge in [0.05, 0.1) is 11.4 Å². The van der Waals surface area contributed by atoms with Crippen LogP contribution in [0.5, 0.6) is 0 Å². The van der Waals surface area contributed by atoms with Crippen LogP contribution in [0, 0.1) is 0 Å². The van der Waals surface area contributed by atoms with Gasteiger partial charge in [-0.2, -0.15) is 0 Å². The van der Waals surface area contributed by atoms with E-state index in [1.165, 1.54) is 18.7 Å². The Kier molecular flexibility index (Phi) is 7.03. The highest BCUT2D eigenvalue weighted by molar-refractivity contribution is 8.00. The molecule has 5 N–H and O–H groups in total. The second-order valence-corrected chi connectivity index (χ2v) is 5.06. The quantitative estimate of drug-likeness (QED) is 0.522. The lowest BCUT2D eigenvalue weighted by Gasteiger charge is -2.16. The molecule has 3 unspecified atom stereocenters.